The number of ether oxygens (including phenoxy) is 1. The molecule has 2 heterocycles. The maximum atomic E-state index is 5.23. The van der Waals surface area contributed by atoms with Crippen molar-refractivity contribution in [3.8, 4) is 5.75 Å². The number of hydrogen-bond acceptors (Lipinski definition) is 7. The van der Waals surface area contributed by atoms with E-state index in [9.17, 15) is 0 Å². The summed E-state index contributed by atoms with van der Waals surface area (Å²) in [5.74, 6) is 3.43. The van der Waals surface area contributed by atoms with Crippen molar-refractivity contribution in [3.05, 3.63) is 53.9 Å². The third-order valence-corrected chi connectivity index (χ3v) is 3.37. The van der Waals surface area contributed by atoms with Crippen LogP contribution in [0.5, 0.6) is 5.75 Å². The first-order chi connectivity index (χ1) is 11.7. The highest BCUT2D eigenvalue weighted by molar-refractivity contribution is 5.52. The van der Waals surface area contributed by atoms with E-state index in [1.165, 1.54) is 5.56 Å². The zero-order chi connectivity index (χ0) is 16.8. The standard InChI is InChI=1S/C17H19N5O2/c1-12-10-16(22-24-12)20-15-7-9-19-17(21-15)18-8-6-13-4-3-5-14(11-13)23-2/h3-5,7,9-11H,6,8H2,1-2H3,(H2,18,19,20,21,22). The molecule has 124 valence electrons. The first-order valence-corrected chi connectivity index (χ1v) is 7.63. The normalized spacial score (nSPS) is 10.4. The molecule has 3 aromatic rings. The molecule has 0 aliphatic heterocycles. The van der Waals surface area contributed by atoms with Crippen LogP contribution in [0.25, 0.3) is 0 Å². The lowest BCUT2D eigenvalue weighted by molar-refractivity contribution is 0.400. The van der Waals surface area contributed by atoms with Crippen molar-refractivity contribution in [1.29, 1.82) is 0 Å². The van der Waals surface area contributed by atoms with Gasteiger partial charge >= 0.3 is 0 Å². The van der Waals surface area contributed by atoms with Crippen LogP contribution in [0.2, 0.25) is 0 Å². The van der Waals surface area contributed by atoms with Crippen LogP contribution in [0.3, 0.4) is 0 Å². The van der Waals surface area contributed by atoms with E-state index < -0.39 is 0 Å². The Morgan fingerprint density at radius 1 is 1.17 bits per heavy atom. The average Bonchev–Trinajstić information content (AvgIpc) is 3.00. The lowest BCUT2D eigenvalue weighted by Gasteiger charge is -2.07. The smallest absolute Gasteiger partial charge is 0.224 e. The molecular weight excluding hydrogens is 306 g/mol. The summed E-state index contributed by atoms with van der Waals surface area (Å²) >= 11 is 0. The Bertz CT molecular complexity index is 803. The van der Waals surface area contributed by atoms with E-state index in [0.717, 1.165) is 24.5 Å². The lowest BCUT2D eigenvalue weighted by Crippen LogP contribution is -2.08. The van der Waals surface area contributed by atoms with Crippen molar-refractivity contribution in [2.75, 3.05) is 24.3 Å². The van der Waals surface area contributed by atoms with Gasteiger partial charge in [-0.25, -0.2) is 4.98 Å². The predicted octanol–water partition coefficient (Wildman–Crippen LogP) is 3.18. The van der Waals surface area contributed by atoms with E-state index in [-0.39, 0.29) is 0 Å². The number of anilines is 3. The molecule has 0 saturated heterocycles. The van der Waals surface area contributed by atoms with Crippen LogP contribution in [-0.4, -0.2) is 28.8 Å². The van der Waals surface area contributed by atoms with Crippen molar-refractivity contribution < 1.29 is 9.26 Å². The maximum absolute atomic E-state index is 5.23. The van der Waals surface area contributed by atoms with Gasteiger partial charge in [-0.05, 0) is 37.1 Å². The molecule has 0 saturated carbocycles. The van der Waals surface area contributed by atoms with Gasteiger partial charge in [0.1, 0.15) is 17.3 Å². The van der Waals surface area contributed by atoms with Gasteiger partial charge in [-0.15, -0.1) is 0 Å². The molecule has 24 heavy (non-hydrogen) atoms. The number of methoxy groups -OCH3 is 1. The summed E-state index contributed by atoms with van der Waals surface area (Å²) in [6.07, 6.45) is 2.54. The van der Waals surface area contributed by atoms with Gasteiger partial charge in [0, 0.05) is 18.8 Å². The fourth-order valence-corrected chi connectivity index (χ4v) is 2.22. The van der Waals surface area contributed by atoms with Crippen LogP contribution < -0.4 is 15.4 Å². The summed E-state index contributed by atoms with van der Waals surface area (Å²) in [4.78, 5) is 8.62. The molecule has 0 fully saturated rings. The predicted molar refractivity (Wildman–Crippen MR) is 91.7 cm³/mol. The van der Waals surface area contributed by atoms with E-state index in [0.29, 0.717) is 17.6 Å². The molecule has 0 radical (unpaired) electrons. The monoisotopic (exact) mass is 325 g/mol. The van der Waals surface area contributed by atoms with Gasteiger partial charge in [-0.2, -0.15) is 4.98 Å². The zero-order valence-corrected chi connectivity index (χ0v) is 13.6. The van der Waals surface area contributed by atoms with Crippen molar-refractivity contribution in [1.82, 2.24) is 15.1 Å². The maximum Gasteiger partial charge on any atom is 0.224 e. The molecule has 0 spiro atoms. The summed E-state index contributed by atoms with van der Waals surface area (Å²) in [5.41, 5.74) is 1.19. The third-order valence-electron chi connectivity index (χ3n) is 3.37. The quantitative estimate of drug-likeness (QED) is 0.690. The highest BCUT2D eigenvalue weighted by Crippen LogP contribution is 2.15. The molecule has 0 aliphatic rings. The molecule has 0 atom stereocenters. The minimum absolute atomic E-state index is 0.558. The van der Waals surface area contributed by atoms with E-state index in [4.69, 9.17) is 9.26 Å². The van der Waals surface area contributed by atoms with Gasteiger partial charge in [-0.1, -0.05) is 17.3 Å². The Hall–Kier alpha value is -3.09. The Kier molecular flexibility index (Phi) is 4.90. The van der Waals surface area contributed by atoms with Crippen LogP contribution in [0.15, 0.2) is 47.1 Å². The first kappa shape index (κ1) is 15.8. The second-order valence-corrected chi connectivity index (χ2v) is 5.24. The number of aryl methyl sites for hydroxylation is 1. The number of nitrogens with zero attached hydrogens (tertiary/aromatic N) is 3. The van der Waals surface area contributed by atoms with Crippen LogP contribution in [0, 0.1) is 6.92 Å². The van der Waals surface area contributed by atoms with Gasteiger partial charge < -0.3 is 19.9 Å². The summed E-state index contributed by atoms with van der Waals surface area (Å²) in [6.45, 7) is 2.56. The Balaban J connectivity index is 1.56. The molecule has 0 amide bonds. The molecule has 0 bridgehead atoms. The second-order valence-electron chi connectivity index (χ2n) is 5.24. The fraction of sp³-hybridized carbons (Fsp3) is 0.235. The van der Waals surface area contributed by atoms with Crippen LogP contribution in [-0.2, 0) is 6.42 Å². The lowest BCUT2D eigenvalue weighted by atomic mass is 10.1. The topological polar surface area (TPSA) is 85.1 Å². The zero-order valence-electron chi connectivity index (χ0n) is 13.6. The minimum Gasteiger partial charge on any atom is -0.497 e. The van der Waals surface area contributed by atoms with E-state index in [2.05, 4.69) is 31.8 Å². The fourth-order valence-electron chi connectivity index (χ4n) is 2.22. The SMILES string of the molecule is COc1cccc(CCNc2nccc(Nc3cc(C)on3)n2)c1. The summed E-state index contributed by atoms with van der Waals surface area (Å²) in [5, 5.41) is 10.2. The summed E-state index contributed by atoms with van der Waals surface area (Å²) < 4.78 is 10.2. The Labute approximate surface area is 140 Å². The van der Waals surface area contributed by atoms with E-state index in [1.54, 1.807) is 25.4 Å². The van der Waals surface area contributed by atoms with Gasteiger partial charge in [0.25, 0.3) is 0 Å². The molecule has 0 unspecified atom stereocenters. The van der Waals surface area contributed by atoms with E-state index in [1.807, 2.05) is 25.1 Å². The summed E-state index contributed by atoms with van der Waals surface area (Å²) in [6, 6.07) is 11.6. The molecule has 7 heteroatoms. The van der Waals surface area contributed by atoms with Crippen LogP contribution in [0.4, 0.5) is 17.6 Å². The van der Waals surface area contributed by atoms with Crippen molar-refractivity contribution in [2.45, 2.75) is 13.3 Å². The van der Waals surface area contributed by atoms with Crippen molar-refractivity contribution in [2.24, 2.45) is 0 Å². The van der Waals surface area contributed by atoms with Gasteiger partial charge in [0.2, 0.25) is 5.95 Å². The first-order valence-electron chi connectivity index (χ1n) is 7.63. The minimum atomic E-state index is 0.558. The van der Waals surface area contributed by atoms with Crippen molar-refractivity contribution in [3.63, 3.8) is 0 Å². The molecule has 2 N–H and O–H groups in total. The van der Waals surface area contributed by atoms with Gasteiger partial charge in [-0.3, -0.25) is 0 Å². The molecule has 0 aliphatic carbocycles. The van der Waals surface area contributed by atoms with Gasteiger partial charge in [0.05, 0.1) is 7.11 Å². The number of benzene rings is 1. The second kappa shape index (κ2) is 7.45. The molecule has 7 nitrogen and oxygen atoms in total. The Morgan fingerprint density at radius 3 is 2.88 bits per heavy atom. The number of rotatable bonds is 7. The van der Waals surface area contributed by atoms with Gasteiger partial charge in [0.15, 0.2) is 5.82 Å². The third kappa shape index (κ3) is 4.22. The Morgan fingerprint density at radius 2 is 2.08 bits per heavy atom. The van der Waals surface area contributed by atoms with Crippen LogP contribution in [0.1, 0.15) is 11.3 Å². The highest BCUT2D eigenvalue weighted by Gasteiger charge is 2.03. The highest BCUT2D eigenvalue weighted by atomic mass is 16.5. The summed E-state index contributed by atoms with van der Waals surface area (Å²) in [7, 11) is 1.67. The number of nitrogens with one attached hydrogen (secondary N) is 2. The van der Waals surface area contributed by atoms with Crippen molar-refractivity contribution >= 4 is 17.6 Å². The largest absolute Gasteiger partial charge is 0.497 e. The number of hydrogen-bond donors (Lipinski definition) is 2. The average molecular weight is 325 g/mol. The van der Waals surface area contributed by atoms with Crippen LogP contribution >= 0.6 is 0 Å². The number of aromatic nitrogens is 3. The molecular formula is C17H19N5O2. The molecule has 1 aromatic carbocycles. The van der Waals surface area contributed by atoms with E-state index >= 15 is 0 Å². The molecule has 2 aromatic heterocycles. The molecule has 3 rings (SSSR count).